The van der Waals surface area contributed by atoms with Gasteiger partial charge in [0.05, 0.1) is 13.2 Å². The van der Waals surface area contributed by atoms with Crippen LogP contribution in [-0.4, -0.2) is 19.8 Å². The lowest BCUT2D eigenvalue weighted by atomic mass is 10.1. The molecule has 0 spiro atoms. The second-order valence-corrected chi connectivity index (χ2v) is 5.46. The number of rotatable bonds is 6. The SMILES string of the molecule is CC1COc2ccc(CCCCCCN)cc2OC1. The lowest BCUT2D eigenvalue weighted by Crippen LogP contribution is -2.12. The highest BCUT2D eigenvalue weighted by molar-refractivity contribution is 5.43. The zero-order chi connectivity index (χ0) is 13.5. The van der Waals surface area contributed by atoms with Gasteiger partial charge < -0.3 is 15.2 Å². The van der Waals surface area contributed by atoms with E-state index in [4.69, 9.17) is 15.2 Å². The van der Waals surface area contributed by atoms with Gasteiger partial charge in [-0.15, -0.1) is 0 Å². The van der Waals surface area contributed by atoms with Crippen LogP contribution in [0.15, 0.2) is 18.2 Å². The van der Waals surface area contributed by atoms with Crippen molar-refractivity contribution in [1.29, 1.82) is 0 Å². The van der Waals surface area contributed by atoms with Crippen LogP contribution >= 0.6 is 0 Å². The quantitative estimate of drug-likeness (QED) is 0.802. The van der Waals surface area contributed by atoms with Crippen molar-refractivity contribution in [1.82, 2.24) is 0 Å². The third kappa shape index (κ3) is 4.43. The van der Waals surface area contributed by atoms with E-state index >= 15 is 0 Å². The Balaban J connectivity index is 1.86. The monoisotopic (exact) mass is 263 g/mol. The maximum atomic E-state index is 5.80. The van der Waals surface area contributed by atoms with Gasteiger partial charge in [-0.05, 0) is 43.5 Å². The summed E-state index contributed by atoms with van der Waals surface area (Å²) in [4.78, 5) is 0. The minimum absolute atomic E-state index is 0.451. The van der Waals surface area contributed by atoms with Crippen molar-refractivity contribution >= 4 is 0 Å². The Hall–Kier alpha value is -1.22. The van der Waals surface area contributed by atoms with Crippen molar-refractivity contribution in [2.75, 3.05) is 19.8 Å². The standard InChI is InChI=1S/C16H25NO2/c1-13-11-18-15-8-7-14(10-16(15)19-12-13)6-4-2-3-5-9-17/h7-8,10,13H,2-6,9,11-12,17H2,1H3. The van der Waals surface area contributed by atoms with Crippen molar-refractivity contribution in [2.45, 2.75) is 39.0 Å². The minimum atomic E-state index is 0.451. The first kappa shape index (κ1) is 14.2. The number of benzene rings is 1. The summed E-state index contributed by atoms with van der Waals surface area (Å²) in [5.74, 6) is 2.24. The second kappa shape index (κ2) is 7.39. The fourth-order valence-corrected chi connectivity index (χ4v) is 2.28. The number of fused-ring (bicyclic) bond motifs is 1. The van der Waals surface area contributed by atoms with Crippen molar-refractivity contribution in [3.63, 3.8) is 0 Å². The van der Waals surface area contributed by atoms with E-state index in [-0.39, 0.29) is 0 Å². The highest BCUT2D eigenvalue weighted by Gasteiger charge is 2.14. The molecule has 0 fully saturated rings. The van der Waals surface area contributed by atoms with Gasteiger partial charge in [-0.25, -0.2) is 0 Å². The van der Waals surface area contributed by atoms with Crippen molar-refractivity contribution in [3.8, 4) is 11.5 Å². The smallest absolute Gasteiger partial charge is 0.161 e. The van der Waals surface area contributed by atoms with Gasteiger partial charge in [0.1, 0.15) is 0 Å². The van der Waals surface area contributed by atoms with Crippen LogP contribution in [0.1, 0.15) is 38.2 Å². The molecular formula is C16H25NO2. The Bertz CT molecular complexity index is 392. The van der Waals surface area contributed by atoms with Gasteiger partial charge in [-0.2, -0.15) is 0 Å². The minimum Gasteiger partial charge on any atom is -0.489 e. The van der Waals surface area contributed by atoms with Crippen LogP contribution in [0, 0.1) is 5.92 Å². The largest absolute Gasteiger partial charge is 0.489 e. The molecule has 1 aromatic rings. The summed E-state index contributed by atoms with van der Waals surface area (Å²) in [6.07, 6.45) is 5.95. The summed E-state index contributed by atoms with van der Waals surface area (Å²) >= 11 is 0. The summed E-state index contributed by atoms with van der Waals surface area (Å²) in [5, 5.41) is 0. The molecule has 0 radical (unpaired) electrons. The Morgan fingerprint density at radius 3 is 2.58 bits per heavy atom. The van der Waals surface area contributed by atoms with Gasteiger partial charge in [0, 0.05) is 5.92 Å². The van der Waals surface area contributed by atoms with E-state index in [0.29, 0.717) is 5.92 Å². The first-order chi connectivity index (χ1) is 9.29. The first-order valence-corrected chi connectivity index (χ1v) is 7.38. The molecule has 1 aliphatic rings. The van der Waals surface area contributed by atoms with Gasteiger partial charge in [0.15, 0.2) is 11.5 Å². The third-order valence-corrected chi connectivity index (χ3v) is 3.47. The Morgan fingerprint density at radius 1 is 1.05 bits per heavy atom. The number of nitrogens with two attached hydrogens (primary N) is 1. The van der Waals surface area contributed by atoms with Crippen LogP contribution in [-0.2, 0) is 6.42 Å². The molecule has 1 heterocycles. The van der Waals surface area contributed by atoms with E-state index in [0.717, 1.165) is 44.1 Å². The number of hydrogen-bond donors (Lipinski definition) is 1. The molecule has 3 heteroatoms. The predicted molar refractivity (Wildman–Crippen MR) is 77.8 cm³/mol. The van der Waals surface area contributed by atoms with Crippen molar-refractivity contribution in [2.24, 2.45) is 11.7 Å². The number of unbranched alkanes of at least 4 members (excludes halogenated alkanes) is 3. The van der Waals surface area contributed by atoms with E-state index in [9.17, 15) is 0 Å². The molecule has 0 saturated heterocycles. The molecular weight excluding hydrogens is 238 g/mol. The molecule has 0 bridgehead atoms. The molecule has 0 aromatic heterocycles. The molecule has 2 N–H and O–H groups in total. The van der Waals surface area contributed by atoms with E-state index < -0.39 is 0 Å². The zero-order valence-corrected chi connectivity index (χ0v) is 11.9. The summed E-state index contributed by atoms with van der Waals surface area (Å²) < 4.78 is 11.5. The summed E-state index contributed by atoms with van der Waals surface area (Å²) in [7, 11) is 0. The van der Waals surface area contributed by atoms with Crippen LogP contribution in [0.25, 0.3) is 0 Å². The summed E-state index contributed by atoms with van der Waals surface area (Å²) in [5.41, 5.74) is 6.83. The van der Waals surface area contributed by atoms with Crippen molar-refractivity contribution < 1.29 is 9.47 Å². The highest BCUT2D eigenvalue weighted by atomic mass is 16.5. The van der Waals surface area contributed by atoms with Crippen LogP contribution in [0.2, 0.25) is 0 Å². The highest BCUT2D eigenvalue weighted by Crippen LogP contribution is 2.31. The maximum absolute atomic E-state index is 5.80. The molecule has 1 atom stereocenters. The lowest BCUT2D eigenvalue weighted by molar-refractivity contribution is 0.228. The molecule has 0 aliphatic carbocycles. The molecule has 0 amide bonds. The van der Waals surface area contributed by atoms with Crippen molar-refractivity contribution in [3.05, 3.63) is 23.8 Å². The Kier molecular flexibility index (Phi) is 5.52. The zero-order valence-electron chi connectivity index (χ0n) is 11.9. The molecule has 0 saturated carbocycles. The Morgan fingerprint density at radius 2 is 1.79 bits per heavy atom. The predicted octanol–water partition coefficient (Wildman–Crippen LogP) is 3.16. The van der Waals surface area contributed by atoms with E-state index in [2.05, 4.69) is 19.1 Å². The topological polar surface area (TPSA) is 44.5 Å². The molecule has 3 nitrogen and oxygen atoms in total. The average molecular weight is 263 g/mol. The fourth-order valence-electron chi connectivity index (χ4n) is 2.28. The fraction of sp³-hybridized carbons (Fsp3) is 0.625. The first-order valence-electron chi connectivity index (χ1n) is 7.38. The van der Waals surface area contributed by atoms with E-state index in [1.807, 2.05) is 6.07 Å². The van der Waals surface area contributed by atoms with Crippen LogP contribution < -0.4 is 15.2 Å². The number of aryl methyl sites for hydroxylation is 1. The second-order valence-electron chi connectivity index (χ2n) is 5.46. The molecule has 1 aromatic carbocycles. The third-order valence-electron chi connectivity index (χ3n) is 3.47. The lowest BCUT2D eigenvalue weighted by Gasteiger charge is -2.09. The number of ether oxygens (including phenoxy) is 2. The van der Waals surface area contributed by atoms with Crippen LogP contribution in [0.5, 0.6) is 11.5 Å². The molecule has 106 valence electrons. The normalized spacial score (nSPS) is 18.1. The van der Waals surface area contributed by atoms with E-state index in [1.165, 1.54) is 24.8 Å². The Labute approximate surface area is 116 Å². The molecule has 2 rings (SSSR count). The van der Waals surface area contributed by atoms with Gasteiger partial charge in [-0.3, -0.25) is 0 Å². The average Bonchev–Trinajstić information content (AvgIpc) is 2.61. The summed E-state index contributed by atoms with van der Waals surface area (Å²) in [6, 6.07) is 6.33. The van der Waals surface area contributed by atoms with Crippen LogP contribution in [0.3, 0.4) is 0 Å². The maximum Gasteiger partial charge on any atom is 0.161 e. The van der Waals surface area contributed by atoms with Gasteiger partial charge in [0.2, 0.25) is 0 Å². The van der Waals surface area contributed by atoms with Gasteiger partial charge in [-0.1, -0.05) is 25.8 Å². The van der Waals surface area contributed by atoms with Crippen LogP contribution in [0.4, 0.5) is 0 Å². The van der Waals surface area contributed by atoms with E-state index in [1.54, 1.807) is 0 Å². The summed E-state index contributed by atoms with van der Waals surface area (Å²) in [6.45, 7) is 4.44. The molecule has 19 heavy (non-hydrogen) atoms. The molecule has 1 unspecified atom stereocenters. The molecule has 1 aliphatic heterocycles. The van der Waals surface area contributed by atoms with Gasteiger partial charge >= 0.3 is 0 Å². The van der Waals surface area contributed by atoms with Gasteiger partial charge in [0.25, 0.3) is 0 Å². The number of hydrogen-bond acceptors (Lipinski definition) is 3.